The number of rotatable bonds is 1. The second-order valence-electron chi connectivity index (χ2n) is 3.29. The van der Waals surface area contributed by atoms with Crippen molar-refractivity contribution in [3.63, 3.8) is 0 Å². The van der Waals surface area contributed by atoms with Crippen LogP contribution in [0, 0.1) is 0 Å². The maximum Gasteiger partial charge on any atom is 0.417 e. The SMILES string of the molecule is NC(c1ccc2[nH]c(=O)oc2c1)C(F)(F)F. The number of H-pyrrole nitrogens is 1. The van der Waals surface area contributed by atoms with E-state index < -0.39 is 18.0 Å². The summed E-state index contributed by atoms with van der Waals surface area (Å²) in [5, 5.41) is 0. The number of hydrogen-bond donors (Lipinski definition) is 2. The number of nitrogens with one attached hydrogen (secondary N) is 1. The molecular formula is C9H7F3N2O2. The van der Waals surface area contributed by atoms with Crippen molar-refractivity contribution < 1.29 is 17.6 Å². The Kier molecular flexibility index (Phi) is 2.27. The molecule has 2 aromatic rings. The monoisotopic (exact) mass is 232 g/mol. The number of halogens is 3. The molecule has 1 aromatic heterocycles. The number of fused-ring (bicyclic) bond motifs is 1. The molecule has 1 atom stereocenters. The van der Waals surface area contributed by atoms with Crippen LogP contribution >= 0.6 is 0 Å². The highest BCUT2D eigenvalue weighted by Crippen LogP contribution is 2.31. The molecule has 0 aliphatic carbocycles. The van der Waals surface area contributed by atoms with Crippen LogP contribution in [0.25, 0.3) is 11.1 Å². The van der Waals surface area contributed by atoms with E-state index in [1.54, 1.807) is 0 Å². The lowest BCUT2D eigenvalue weighted by Crippen LogP contribution is -2.28. The third-order valence-electron chi connectivity index (χ3n) is 2.16. The molecule has 0 aliphatic rings. The lowest BCUT2D eigenvalue weighted by Gasteiger charge is -2.15. The van der Waals surface area contributed by atoms with E-state index in [4.69, 9.17) is 5.73 Å². The smallest absolute Gasteiger partial charge is 0.408 e. The van der Waals surface area contributed by atoms with E-state index in [1.165, 1.54) is 12.1 Å². The third kappa shape index (κ3) is 1.81. The molecular weight excluding hydrogens is 225 g/mol. The van der Waals surface area contributed by atoms with Crippen molar-refractivity contribution in [1.29, 1.82) is 0 Å². The van der Waals surface area contributed by atoms with Crippen molar-refractivity contribution in [2.45, 2.75) is 12.2 Å². The van der Waals surface area contributed by atoms with Crippen LogP contribution in [0.4, 0.5) is 13.2 Å². The molecule has 86 valence electrons. The first-order valence-corrected chi connectivity index (χ1v) is 4.33. The fraction of sp³-hybridized carbons (Fsp3) is 0.222. The van der Waals surface area contributed by atoms with Gasteiger partial charge in [0.25, 0.3) is 0 Å². The summed E-state index contributed by atoms with van der Waals surface area (Å²) in [6.07, 6.45) is -4.52. The summed E-state index contributed by atoms with van der Waals surface area (Å²) in [5.74, 6) is -0.715. The Labute approximate surface area is 86.9 Å². The van der Waals surface area contributed by atoms with Gasteiger partial charge in [-0.3, -0.25) is 4.98 Å². The minimum atomic E-state index is -4.52. The molecule has 1 heterocycles. The molecule has 1 unspecified atom stereocenters. The number of oxazole rings is 1. The van der Waals surface area contributed by atoms with Crippen LogP contribution in [0.5, 0.6) is 0 Å². The Morgan fingerprint density at radius 2 is 2.06 bits per heavy atom. The van der Waals surface area contributed by atoms with Gasteiger partial charge < -0.3 is 10.2 Å². The third-order valence-corrected chi connectivity index (χ3v) is 2.16. The Morgan fingerprint density at radius 1 is 1.38 bits per heavy atom. The predicted octanol–water partition coefficient (Wildman–Crippen LogP) is 1.68. The van der Waals surface area contributed by atoms with Gasteiger partial charge in [-0.15, -0.1) is 0 Å². The highest BCUT2D eigenvalue weighted by molar-refractivity contribution is 5.72. The van der Waals surface area contributed by atoms with Crippen LogP contribution < -0.4 is 11.5 Å². The van der Waals surface area contributed by atoms with Gasteiger partial charge in [0.05, 0.1) is 5.52 Å². The average molecular weight is 232 g/mol. The molecule has 7 heteroatoms. The van der Waals surface area contributed by atoms with E-state index in [2.05, 4.69) is 9.40 Å². The van der Waals surface area contributed by atoms with Crippen molar-refractivity contribution >= 4 is 11.1 Å². The van der Waals surface area contributed by atoms with E-state index in [0.717, 1.165) is 6.07 Å². The van der Waals surface area contributed by atoms with Gasteiger partial charge in [-0.05, 0) is 17.7 Å². The van der Waals surface area contributed by atoms with Crippen LogP contribution in [0.2, 0.25) is 0 Å². The molecule has 0 fully saturated rings. The zero-order valence-corrected chi connectivity index (χ0v) is 7.84. The van der Waals surface area contributed by atoms with Crippen molar-refractivity contribution in [1.82, 2.24) is 4.98 Å². The van der Waals surface area contributed by atoms with E-state index >= 15 is 0 Å². The van der Waals surface area contributed by atoms with Crippen molar-refractivity contribution in [2.24, 2.45) is 5.73 Å². The Bertz CT molecular complexity index is 570. The van der Waals surface area contributed by atoms with E-state index in [0.29, 0.717) is 5.52 Å². The number of nitrogens with two attached hydrogens (primary N) is 1. The van der Waals surface area contributed by atoms with E-state index in [-0.39, 0.29) is 11.1 Å². The van der Waals surface area contributed by atoms with Gasteiger partial charge in [0.1, 0.15) is 6.04 Å². The summed E-state index contributed by atoms with van der Waals surface area (Å²) in [6.45, 7) is 0. The van der Waals surface area contributed by atoms with Crippen molar-refractivity contribution in [3.8, 4) is 0 Å². The molecule has 0 amide bonds. The minimum Gasteiger partial charge on any atom is -0.408 e. The predicted molar refractivity (Wildman–Crippen MR) is 49.8 cm³/mol. The number of alkyl halides is 3. The van der Waals surface area contributed by atoms with Crippen LogP contribution in [0.15, 0.2) is 27.4 Å². The van der Waals surface area contributed by atoms with E-state index in [1.807, 2.05) is 0 Å². The van der Waals surface area contributed by atoms with Gasteiger partial charge in [-0.1, -0.05) is 6.07 Å². The molecule has 0 radical (unpaired) electrons. The fourth-order valence-corrected chi connectivity index (χ4v) is 1.34. The summed E-state index contributed by atoms with van der Waals surface area (Å²) in [4.78, 5) is 13.1. The highest BCUT2D eigenvalue weighted by Gasteiger charge is 2.37. The lowest BCUT2D eigenvalue weighted by molar-refractivity contribution is -0.149. The van der Waals surface area contributed by atoms with Crippen LogP contribution in [0.1, 0.15) is 11.6 Å². The Hall–Kier alpha value is -1.76. The van der Waals surface area contributed by atoms with Gasteiger partial charge in [-0.25, -0.2) is 4.79 Å². The highest BCUT2D eigenvalue weighted by atomic mass is 19.4. The van der Waals surface area contributed by atoms with Crippen molar-refractivity contribution in [3.05, 3.63) is 34.3 Å². The molecule has 0 spiro atoms. The Balaban J connectivity index is 2.50. The second kappa shape index (κ2) is 3.38. The molecule has 1 aromatic carbocycles. The van der Waals surface area contributed by atoms with Gasteiger partial charge in [0.15, 0.2) is 5.58 Å². The molecule has 0 saturated heterocycles. The summed E-state index contributed by atoms with van der Waals surface area (Å²) < 4.78 is 41.6. The fourth-order valence-electron chi connectivity index (χ4n) is 1.34. The standard InChI is InChI=1S/C9H7F3N2O2/c10-9(11,12)7(13)4-1-2-5-6(3-4)16-8(15)14-5/h1-3,7H,13H2,(H,14,15). The maximum atomic E-state index is 12.3. The molecule has 0 saturated carbocycles. The Morgan fingerprint density at radius 3 is 2.69 bits per heavy atom. The average Bonchev–Trinajstić information content (AvgIpc) is 2.54. The van der Waals surface area contributed by atoms with Crippen LogP contribution in [0.3, 0.4) is 0 Å². The van der Waals surface area contributed by atoms with Gasteiger partial charge in [0, 0.05) is 0 Å². The topological polar surface area (TPSA) is 72.0 Å². The summed E-state index contributed by atoms with van der Waals surface area (Å²) in [6, 6.07) is 1.54. The first kappa shape index (κ1) is 10.7. The van der Waals surface area contributed by atoms with Gasteiger partial charge in [0.2, 0.25) is 0 Å². The lowest BCUT2D eigenvalue weighted by atomic mass is 10.1. The number of hydrogen-bond acceptors (Lipinski definition) is 3. The molecule has 16 heavy (non-hydrogen) atoms. The molecule has 0 aliphatic heterocycles. The number of aromatic nitrogens is 1. The summed E-state index contributed by atoms with van der Waals surface area (Å²) >= 11 is 0. The van der Waals surface area contributed by atoms with Crippen LogP contribution in [-0.4, -0.2) is 11.2 Å². The quantitative estimate of drug-likeness (QED) is 0.785. The number of benzene rings is 1. The van der Waals surface area contributed by atoms with Crippen LogP contribution in [-0.2, 0) is 0 Å². The molecule has 3 N–H and O–H groups in total. The normalized spacial score (nSPS) is 14.2. The summed E-state index contributed by atoms with van der Waals surface area (Å²) in [5.41, 5.74) is 5.26. The zero-order chi connectivity index (χ0) is 11.9. The number of aromatic amines is 1. The van der Waals surface area contributed by atoms with E-state index in [9.17, 15) is 18.0 Å². The zero-order valence-electron chi connectivity index (χ0n) is 7.84. The molecule has 4 nitrogen and oxygen atoms in total. The summed E-state index contributed by atoms with van der Waals surface area (Å²) in [7, 11) is 0. The largest absolute Gasteiger partial charge is 0.417 e. The minimum absolute atomic E-state index is 0.0576. The maximum absolute atomic E-state index is 12.3. The van der Waals surface area contributed by atoms with Gasteiger partial charge in [-0.2, -0.15) is 13.2 Å². The first-order valence-electron chi connectivity index (χ1n) is 4.33. The van der Waals surface area contributed by atoms with Crippen molar-refractivity contribution in [2.75, 3.05) is 0 Å². The van der Waals surface area contributed by atoms with Gasteiger partial charge >= 0.3 is 11.9 Å². The molecule has 0 bridgehead atoms. The molecule has 2 rings (SSSR count). The second-order valence-corrected chi connectivity index (χ2v) is 3.29. The first-order chi connectivity index (χ1) is 7.38.